The summed E-state index contributed by atoms with van der Waals surface area (Å²) in [6, 6.07) is 0. The first kappa shape index (κ1) is 6.08. The largest absolute Gasteiger partial charge is 0.304 e. The SMILES string of the molecule is [B]C1(F)CCN(C)C1. The van der Waals surface area contributed by atoms with Gasteiger partial charge in [0.05, 0.1) is 5.57 Å². The molecule has 0 aliphatic carbocycles. The third kappa shape index (κ3) is 1.22. The van der Waals surface area contributed by atoms with E-state index in [1.54, 1.807) is 0 Å². The fraction of sp³-hybridized carbons (Fsp3) is 1.00. The second-order valence-corrected chi connectivity index (χ2v) is 2.52. The Balaban J connectivity index is 2.44. The van der Waals surface area contributed by atoms with Gasteiger partial charge in [0.1, 0.15) is 7.85 Å². The van der Waals surface area contributed by atoms with Crippen LogP contribution in [-0.2, 0) is 0 Å². The van der Waals surface area contributed by atoms with Crippen LogP contribution in [0.15, 0.2) is 0 Å². The lowest BCUT2D eigenvalue weighted by atomic mass is 9.83. The minimum atomic E-state index is -1.41. The lowest BCUT2D eigenvalue weighted by Gasteiger charge is -2.11. The second-order valence-electron chi connectivity index (χ2n) is 2.52. The molecule has 44 valence electrons. The molecule has 1 atom stereocenters. The summed E-state index contributed by atoms with van der Waals surface area (Å²) in [5, 5.41) is 0. The van der Waals surface area contributed by atoms with Crippen LogP contribution in [0.4, 0.5) is 4.39 Å². The van der Waals surface area contributed by atoms with E-state index in [1.165, 1.54) is 0 Å². The number of hydrogen-bond acceptors (Lipinski definition) is 1. The third-order valence-corrected chi connectivity index (χ3v) is 1.44. The summed E-state index contributed by atoms with van der Waals surface area (Å²) in [6.45, 7) is 1.17. The number of alkyl halides is 1. The molecule has 1 heterocycles. The summed E-state index contributed by atoms with van der Waals surface area (Å²) >= 11 is 0. The molecule has 0 bridgehead atoms. The fourth-order valence-corrected chi connectivity index (χ4v) is 0.984. The first-order valence-electron chi connectivity index (χ1n) is 2.76. The van der Waals surface area contributed by atoms with Gasteiger partial charge in [-0.05, 0) is 13.5 Å². The first-order chi connectivity index (χ1) is 3.60. The molecule has 1 unspecified atom stereocenters. The van der Waals surface area contributed by atoms with Gasteiger partial charge >= 0.3 is 0 Å². The highest BCUT2D eigenvalue weighted by molar-refractivity contribution is 6.14. The second kappa shape index (κ2) is 1.73. The smallest absolute Gasteiger partial charge is 0.123 e. The monoisotopic (exact) mass is 113 g/mol. The van der Waals surface area contributed by atoms with Gasteiger partial charge in [0, 0.05) is 13.1 Å². The van der Waals surface area contributed by atoms with Gasteiger partial charge in [-0.25, -0.2) is 0 Å². The maximum Gasteiger partial charge on any atom is 0.123 e. The van der Waals surface area contributed by atoms with E-state index in [2.05, 4.69) is 0 Å². The zero-order chi connectivity index (χ0) is 6.20. The molecule has 1 rings (SSSR count). The van der Waals surface area contributed by atoms with Gasteiger partial charge in [-0.1, -0.05) is 0 Å². The Kier molecular flexibility index (Phi) is 1.31. The van der Waals surface area contributed by atoms with Crippen LogP contribution in [0, 0.1) is 0 Å². The first-order valence-corrected chi connectivity index (χ1v) is 2.76. The lowest BCUT2D eigenvalue weighted by molar-refractivity contribution is 0.275. The summed E-state index contributed by atoms with van der Waals surface area (Å²) in [5.74, 6) is 0. The van der Waals surface area contributed by atoms with E-state index in [-0.39, 0.29) is 0 Å². The van der Waals surface area contributed by atoms with Crippen molar-refractivity contribution in [1.29, 1.82) is 0 Å². The summed E-state index contributed by atoms with van der Waals surface area (Å²) in [7, 11) is 7.03. The molecule has 3 heteroatoms. The van der Waals surface area contributed by atoms with Crippen molar-refractivity contribution < 1.29 is 4.39 Å². The highest BCUT2D eigenvalue weighted by Crippen LogP contribution is 2.19. The topological polar surface area (TPSA) is 3.24 Å². The van der Waals surface area contributed by atoms with Gasteiger partial charge < -0.3 is 4.90 Å². The Hall–Kier alpha value is -0.0451. The molecule has 1 saturated heterocycles. The van der Waals surface area contributed by atoms with Crippen molar-refractivity contribution in [2.45, 2.75) is 12.0 Å². The predicted molar refractivity (Wildman–Crippen MR) is 31.7 cm³/mol. The summed E-state index contributed by atoms with van der Waals surface area (Å²) in [6.07, 6.45) is 0.476. The van der Waals surface area contributed by atoms with Gasteiger partial charge in [0.15, 0.2) is 0 Å². The molecule has 0 N–H and O–H groups in total. The van der Waals surface area contributed by atoms with Crippen molar-refractivity contribution in [2.75, 3.05) is 20.1 Å². The molecular formula is C5H9BFN. The van der Waals surface area contributed by atoms with Crippen molar-refractivity contribution in [3.05, 3.63) is 0 Å². The van der Waals surface area contributed by atoms with Crippen molar-refractivity contribution in [3.8, 4) is 0 Å². The number of hydrogen-bond donors (Lipinski definition) is 0. The van der Waals surface area contributed by atoms with E-state index < -0.39 is 5.57 Å². The highest BCUT2D eigenvalue weighted by atomic mass is 19.1. The van der Waals surface area contributed by atoms with Gasteiger partial charge in [-0.15, -0.1) is 0 Å². The van der Waals surface area contributed by atoms with Crippen LogP contribution in [0.1, 0.15) is 6.42 Å². The van der Waals surface area contributed by atoms with Crippen molar-refractivity contribution in [2.24, 2.45) is 0 Å². The maximum atomic E-state index is 12.6. The number of halogens is 1. The minimum absolute atomic E-state index is 0.382. The van der Waals surface area contributed by atoms with Gasteiger partial charge in [0.25, 0.3) is 0 Å². The molecule has 1 aliphatic rings. The van der Waals surface area contributed by atoms with Crippen LogP contribution >= 0.6 is 0 Å². The molecular weight excluding hydrogens is 104 g/mol. The molecule has 8 heavy (non-hydrogen) atoms. The molecule has 1 nitrogen and oxygen atoms in total. The van der Waals surface area contributed by atoms with Crippen LogP contribution in [0.5, 0.6) is 0 Å². The molecule has 2 radical (unpaired) electrons. The number of nitrogens with zero attached hydrogens (tertiary/aromatic N) is 1. The Morgan fingerprint density at radius 3 is 2.50 bits per heavy atom. The average Bonchev–Trinajstić information content (AvgIpc) is 1.82. The van der Waals surface area contributed by atoms with Crippen LogP contribution in [0.3, 0.4) is 0 Å². The highest BCUT2D eigenvalue weighted by Gasteiger charge is 2.30. The third-order valence-electron chi connectivity index (χ3n) is 1.44. The molecule has 0 saturated carbocycles. The average molecular weight is 113 g/mol. The lowest BCUT2D eigenvalue weighted by Crippen LogP contribution is -2.26. The van der Waals surface area contributed by atoms with E-state index in [1.807, 2.05) is 11.9 Å². The molecule has 1 fully saturated rings. The Morgan fingerprint density at radius 1 is 1.75 bits per heavy atom. The molecule has 0 spiro atoms. The normalized spacial score (nSPS) is 40.8. The molecule has 0 aromatic carbocycles. The molecule has 0 aromatic rings. The Morgan fingerprint density at radius 2 is 2.38 bits per heavy atom. The van der Waals surface area contributed by atoms with E-state index in [0.717, 1.165) is 6.54 Å². The number of likely N-dealkylation sites (tertiary alicyclic amines) is 1. The molecule has 1 aliphatic heterocycles. The fourth-order valence-electron chi connectivity index (χ4n) is 0.984. The van der Waals surface area contributed by atoms with E-state index >= 15 is 0 Å². The van der Waals surface area contributed by atoms with Crippen molar-refractivity contribution in [1.82, 2.24) is 4.90 Å². The van der Waals surface area contributed by atoms with Gasteiger partial charge in [0.2, 0.25) is 0 Å². The summed E-state index contributed by atoms with van der Waals surface area (Å²) < 4.78 is 12.6. The number of rotatable bonds is 0. The van der Waals surface area contributed by atoms with E-state index in [9.17, 15) is 4.39 Å². The zero-order valence-corrected chi connectivity index (χ0v) is 5.02. The van der Waals surface area contributed by atoms with Crippen LogP contribution in [0.25, 0.3) is 0 Å². The van der Waals surface area contributed by atoms with Crippen LogP contribution in [-0.4, -0.2) is 38.5 Å². The zero-order valence-electron chi connectivity index (χ0n) is 5.02. The van der Waals surface area contributed by atoms with Gasteiger partial charge in [-0.3, -0.25) is 4.39 Å². The standard InChI is InChI=1S/C5H9BFN/c1-8-3-2-5(6,7)4-8/h2-4H2,1H3. The molecule has 0 amide bonds. The molecule has 0 aromatic heterocycles. The van der Waals surface area contributed by atoms with Crippen molar-refractivity contribution in [3.63, 3.8) is 0 Å². The van der Waals surface area contributed by atoms with E-state index in [4.69, 9.17) is 7.85 Å². The van der Waals surface area contributed by atoms with Gasteiger partial charge in [-0.2, -0.15) is 0 Å². The Bertz CT molecular complexity index is 94.4. The Labute approximate surface area is 50.3 Å². The van der Waals surface area contributed by atoms with Crippen LogP contribution in [0.2, 0.25) is 0 Å². The predicted octanol–water partition coefficient (Wildman–Crippen LogP) is 0.156. The minimum Gasteiger partial charge on any atom is -0.304 e. The summed E-state index contributed by atoms with van der Waals surface area (Å²) in [4.78, 5) is 1.89. The van der Waals surface area contributed by atoms with Crippen molar-refractivity contribution >= 4 is 7.85 Å². The maximum absolute atomic E-state index is 12.6. The van der Waals surface area contributed by atoms with Crippen LogP contribution < -0.4 is 0 Å². The quantitative estimate of drug-likeness (QED) is 0.404. The summed E-state index contributed by atoms with van der Waals surface area (Å²) in [5.41, 5.74) is -1.41. The van der Waals surface area contributed by atoms with E-state index in [0.29, 0.717) is 13.0 Å².